The van der Waals surface area contributed by atoms with Gasteiger partial charge in [-0.3, -0.25) is 4.99 Å². The van der Waals surface area contributed by atoms with Gasteiger partial charge in [0.05, 0.1) is 13.7 Å². The van der Waals surface area contributed by atoms with Crippen molar-refractivity contribution in [3.63, 3.8) is 0 Å². The summed E-state index contributed by atoms with van der Waals surface area (Å²) < 4.78 is 6.94. The van der Waals surface area contributed by atoms with Gasteiger partial charge in [0.25, 0.3) is 0 Å². The molecular weight excluding hydrogens is 256 g/mol. The average Bonchev–Trinajstić information content (AvgIpc) is 2.87. The van der Waals surface area contributed by atoms with E-state index in [0.717, 1.165) is 5.69 Å². The van der Waals surface area contributed by atoms with Crippen LogP contribution < -0.4 is 4.74 Å². The molecule has 2 N–H and O–H groups in total. The Kier molecular flexibility index (Phi) is 4.42. The van der Waals surface area contributed by atoms with Gasteiger partial charge in [0.1, 0.15) is 17.6 Å². The number of benzene rings is 1. The number of phenols is 1. The molecule has 0 bridgehead atoms. The molecule has 0 fully saturated rings. The summed E-state index contributed by atoms with van der Waals surface area (Å²) in [6, 6.07) is 8.63. The number of aryl methyl sites for hydroxylation is 1. The molecule has 0 aliphatic heterocycles. The normalized spacial score (nSPS) is 12.8. The zero-order chi connectivity index (χ0) is 14.5. The first-order valence-corrected chi connectivity index (χ1v) is 6.28. The van der Waals surface area contributed by atoms with Gasteiger partial charge >= 0.3 is 0 Å². The van der Waals surface area contributed by atoms with Gasteiger partial charge in [0, 0.05) is 30.7 Å². The van der Waals surface area contributed by atoms with Gasteiger partial charge in [-0.2, -0.15) is 0 Å². The van der Waals surface area contributed by atoms with Crippen LogP contribution in [0.15, 0.2) is 41.5 Å². The van der Waals surface area contributed by atoms with Crippen LogP contribution in [0.5, 0.6) is 11.5 Å². The highest BCUT2D eigenvalue weighted by molar-refractivity contribution is 5.84. The topological polar surface area (TPSA) is 67.0 Å². The SMILES string of the molecule is COc1ccc(O)c(C=NCC(O)c2cccn2C)c1. The molecule has 2 rings (SSSR count). The van der Waals surface area contributed by atoms with Crippen molar-refractivity contribution in [1.29, 1.82) is 0 Å². The van der Waals surface area contributed by atoms with Gasteiger partial charge in [-0.25, -0.2) is 0 Å². The Balaban J connectivity index is 2.05. The molecule has 0 saturated carbocycles. The Morgan fingerprint density at radius 2 is 2.20 bits per heavy atom. The van der Waals surface area contributed by atoms with E-state index in [1.807, 2.05) is 29.9 Å². The smallest absolute Gasteiger partial charge is 0.124 e. The molecular formula is C15H18N2O3. The number of aromatic nitrogens is 1. The summed E-state index contributed by atoms with van der Waals surface area (Å²) in [5.41, 5.74) is 1.36. The summed E-state index contributed by atoms with van der Waals surface area (Å²) >= 11 is 0. The van der Waals surface area contributed by atoms with Crippen LogP contribution >= 0.6 is 0 Å². The third-order valence-electron chi connectivity index (χ3n) is 3.07. The van der Waals surface area contributed by atoms with Crippen LogP contribution in [0.1, 0.15) is 17.4 Å². The number of rotatable bonds is 5. The second-order valence-electron chi connectivity index (χ2n) is 4.48. The quantitative estimate of drug-likeness (QED) is 0.818. The third kappa shape index (κ3) is 3.19. The molecule has 106 valence electrons. The first-order chi connectivity index (χ1) is 9.61. The fourth-order valence-corrected chi connectivity index (χ4v) is 1.93. The number of aliphatic hydroxyl groups is 1. The van der Waals surface area contributed by atoms with Gasteiger partial charge in [-0.15, -0.1) is 0 Å². The lowest BCUT2D eigenvalue weighted by molar-refractivity contribution is 0.179. The summed E-state index contributed by atoms with van der Waals surface area (Å²) in [5, 5.41) is 19.7. The number of hydrogen-bond acceptors (Lipinski definition) is 4. The maximum Gasteiger partial charge on any atom is 0.124 e. The van der Waals surface area contributed by atoms with E-state index < -0.39 is 6.10 Å². The lowest BCUT2D eigenvalue weighted by Crippen LogP contribution is -2.06. The lowest BCUT2D eigenvalue weighted by Gasteiger charge is -2.09. The molecule has 2 aromatic rings. The molecule has 1 aromatic carbocycles. The highest BCUT2D eigenvalue weighted by atomic mass is 16.5. The first kappa shape index (κ1) is 14.1. The summed E-state index contributed by atoms with van der Waals surface area (Å²) in [5.74, 6) is 0.773. The lowest BCUT2D eigenvalue weighted by atomic mass is 10.2. The predicted molar refractivity (Wildman–Crippen MR) is 77.5 cm³/mol. The molecule has 0 amide bonds. The van der Waals surface area contributed by atoms with Crippen molar-refractivity contribution >= 4 is 6.21 Å². The van der Waals surface area contributed by atoms with E-state index >= 15 is 0 Å². The largest absolute Gasteiger partial charge is 0.507 e. The van der Waals surface area contributed by atoms with Gasteiger partial charge in [-0.1, -0.05) is 0 Å². The van der Waals surface area contributed by atoms with E-state index in [1.165, 1.54) is 6.21 Å². The van der Waals surface area contributed by atoms with Crippen molar-refractivity contribution in [3.05, 3.63) is 47.8 Å². The standard InChI is InChI=1S/C15H18N2O3/c1-17-7-3-4-13(17)15(19)10-16-9-11-8-12(20-2)5-6-14(11)18/h3-9,15,18-19H,10H2,1-2H3. The fraction of sp³-hybridized carbons (Fsp3) is 0.267. The maximum atomic E-state index is 10.0. The number of aliphatic imine (C=N–C) groups is 1. The number of methoxy groups -OCH3 is 1. The van der Waals surface area contributed by atoms with Gasteiger partial charge in [-0.05, 0) is 30.3 Å². The number of ether oxygens (including phenoxy) is 1. The predicted octanol–water partition coefficient (Wildman–Crippen LogP) is 1.89. The molecule has 5 nitrogen and oxygen atoms in total. The van der Waals surface area contributed by atoms with Crippen LogP contribution in [0.4, 0.5) is 0 Å². The Labute approximate surface area is 117 Å². The number of phenolic OH excluding ortho intramolecular Hbond substituents is 1. The summed E-state index contributed by atoms with van der Waals surface area (Å²) in [6.45, 7) is 0.231. The molecule has 1 heterocycles. The second kappa shape index (κ2) is 6.25. The molecule has 1 atom stereocenters. The third-order valence-corrected chi connectivity index (χ3v) is 3.07. The first-order valence-electron chi connectivity index (χ1n) is 6.28. The molecule has 0 aliphatic rings. The van der Waals surface area contributed by atoms with Gasteiger partial charge < -0.3 is 19.5 Å². The Morgan fingerprint density at radius 3 is 2.85 bits per heavy atom. The van der Waals surface area contributed by atoms with E-state index in [2.05, 4.69) is 4.99 Å². The Bertz CT molecular complexity index is 605. The van der Waals surface area contributed by atoms with Crippen molar-refractivity contribution in [1.82, 2.24) is 4.57 Å². The zero-order valence-corrected chi connectivity index (χ0v) is 11.5. The molecule has 0 radical (unpaired) electrons. The van der Waals surface area contributed by atoms with Crippen LogP contribution in [-0.4, -0.2) is 34.6 Å². The maximum absolute atomic E-state index is 10.0. The van der Waals surface area contributed by atoms with E-state index in [-0.39, 0.29) is 12.3 Å². The van der Waals surface area contributed by atoms with E-state index in [9.17, 15) is 10.2 Å². The number of hydrogen-bond donors (Lipinski definition) is 2. The minimum Gasteiger partial charge on any atom is -0.507 e. The van der Waals surface area contributed by atoms with Crippen LogP contribution in [0, 0.1) is 0 Å². The second-order valence-corrected chi connectivity index (χ2v) is 4.48. The zero-order valence-electron chi connectivity index (χ0n) is 11.5. The molecule has 1 unspecified atom stereocenters. The van der Waals surface area contributed by atoms with Crippen molar-refractivity contribution in [3.8, 4) is 11.5 Å². The number of nitrogens with zero attached hydrogens (tertiary/aromatic N) is 2. The van der Waals surface area contributed by atoms with Crippen LogP contribution in [0.2, 0.25) is 0 Å². The molecule has 5 heteroatoms. The fourth-order valence-electron chi connectivity index (χ4n) is 1.93. The van der Waals surface area contributed by atoms with Gasteiger partial charge in [0.2, 0.25) is 0 Å². The number of aliphatic hydroxyl groups excluding tert-OH is 1. The minimum absolute atomic E-state index is 0.128. The van der Waals surface area contributed by atoms with Crippen LogP contribution in [0.25, 0.3) is 0 Å². The van der Waals surface area contributed by atoms with Crippen molar-refractivity contribution in [2.24, 2.45) is 12.0 Å². The highest BCUT2D eigenvalue weighted by Crippen LogP contribution is 2.21. The van der Waals surface area contributed by atoms with E-state index in [4.69, 9.17) is 4.74 Å². The molecule has 0 saturated heterocycles. The molecule has 1 aromatic heterocycles. The highest BCUT2D eigenvalue weighted by Gasteiger charge is 2.09. The number of aromatic hydroxyl groups is 1. The summed E-state index contributed by atoms with van der Waals surface area (Å²) in [7, 11) is 3.43. The molecule has 0 aliphatic carbocycles. The monoisotopic (exact) mass is 274 g/mol. The minimum atomic E-state index is -0.668. The van der Waals surface area contributed by atoms with E-state index in [1.54, 1.807) is 25.3 Å². The average molecular weight is 274 g/mol. The summed E-state index contributed by atoms with van der Waals surface area (Å²) in [6.07, 6.45) is 2.74. The van der Waals surface area contributed by atoms with E-state index in [0.29, 0.717) is 11.3 Å². The summed E-state index contributed by atoms with van der Waals surface area (Å²) in [4.78, 5) is 4.17. The van der Waals surface area contributed by atoms with Crippen LogP contribution in [0.3, 0.4) is 0 Å². The van der Waals surface area contributed by atoms with Crippen molar-refractivity contribution in [2.45, 2.75) is 6.10 Å². The van der Waals surface area contributed by atoms with Gasteiger partial charge in [0.15, 0.2) is 0 Å². The van der Waals surface area contributed by atoms with Crippen molar-refractivity contribution in [2.75, 3.05) is 13.7 Å². The van der Waals surface area contributed by atoms with Crippen LogP contribution in [-0.2, 0) is 7.05 Å². The molecule has 0 spiro atoms. The Morgan fingerprint density at radius 1 is 1.40 bits per heavy atom. The van der Waals surface area contributed by atoms with Crippen molar-refractivity contribution < 1.29 is 14.9 Å². The Hall–Kier alpha value is -2.27. The molecule has 20 heavy (non-hydrogen) atoms.